The van der Waals surface area contributed by atoms with Gasteiger partial charge in [-0.25, -0.2) is 9.37 Å². The van der Waals surface area contributed by atoms with Crippen molar-refractivity contribution in [1.82, 2.24) is 14.5 Å². The fourth-order valence-electron chi connectivity index (χ4n) is 2.95. The summed E-state index contributed by atoms with van der Waals surface area (Å²) in [6.07, 6.45) is 6.33. The van der Waals surface area contributed by atoms with Crippen LogP contribution in [0.3, 0.4) is 0 Å². The van der Waals surface area contributed by atoms with Crippen LogP contribution in [-0.2, 0) is 13.1 Å². The Morgan fingerprint density at radius 2 is 2.00 bits per heavy atom. The van der Waals surface area contributed by atoms with Crippen molar-refractivity contribution in [2.45, 2.75) is 26.4 Å². The third kappa shape index (κ3) is 6.29. The molecule has 7 heteroatoms. The summed E-state index contributed by atoms with van der Waals surface area (Å²) < 4.78 is 21.7. The van der Waals surface area contributed by atoms with E-state index in [1.165, 1.54) is 6.07 Å². The lowest BCUT2D eigenvalue weighted by molar-refractivity contribution is 0.340. The number of hydrogen-bond donors (Lipinski definition) is 1. The topological polar surface area (TPSA) is 42.3 Å². The number of benzene rings is 2. The van der Waals surface area contributed by atoms with E-state index < -0.39 is 0 Å². The highest BCUT2D eigenvalue weighted by Crippen LogP contribution is 2.17. The van der Waals surface area contributed by atoms with Crippen molar-refractivity contribution in [1.29, 1.82) is 0 Å². The molecule has 0 aliphatic carbocycles. The Hall–Kier alpha value is -2.93. The summed E-state index contributed by atoms with van der Waals surface area (Å²) in [6, 6.07) is 14.4. The first-order valence-electron chi connectivity index (χ1n) is 9.63. The van der Waals surface area contributed by atoms with Gasteiger partial charge in [0.1, 0.15) is 11.6 Å². The zero-order chi connectivity index (χ0) is 20.5. The van der Waals surface area contributed by atoms with Crippen molar-refractivity contribution in [3.8, 4) is 5.75 Å². The third-order valence-electron chi connectivity index (χ3n) is 4.43. The lowest BCUT2D eigenvalue weighted by atomic mass is 10.2. The molecule has 0 amide bonds. The van der Waals surface area contributed by atoms with E-state index in [1.807, 2.05) is 52.9 Å². The molecule has 0 radical (unpaired) electrons. The molecular formula is C22H25FN4OS. The number of aromatic nitrogens is 2. The Morgan fingerprint density at radius 3 is 2.69 bits per heavy atom. The van der Waals surface area contributed by atoms with Crippen LogP contribution >= 0.6 is 12.2 Å². The Kier molecular flexibility index (Phi) is 7.58. The fourth-order valence-corrected chi connectivity index (χ4v) is 3.23. The average molecular weight is 413 g/mol. The van der Waals surface area contributed by atoms with Gasteiger partial charge in [0.2, 0.25) is 0 Å². The highest BCUT2D eigenvalue weighted by Gasteiger charge is 2.13. The molecule has 0 saturated carbocycles. The molecule has 0 spiro atoms. The zero-order valence-corrected chi connectivity index (χ0v) is 17.2. The van der Waals surface area contributed by atoms with Crippen LogP contribution in [-0.4, -0.2) is 32.7 Å². The summed E-state index contributed by atoms with van der Waals surface area (Å²) in [5.74, 6) is 0.587. The monoisotopic (exact) mass is 412 g/mol. The number of imidazole rings is 1. The Morgan fingerprint density at radius 1 is 1.21 bits per heavy atom. The summed E-state index contributed by atoms with van der Waals surface area (Å²) >= 11 is 5.64. The second kappa shape index (κ2) is 10.6. The number of anilines is 1. The molecular weight excluding hydrogens is 387 g/mol. The maximum absolute atomic E-state index is 14.2. The van der Waals surface area contributed by atoms with E-state index in [-0.39, 0.29) is 5.82 Å². The van der Waals surface area contributed by atoms with E-state index in [0.717, 1.165) is 24.4 Å². The molecule has 3 aromatic rings. The normalized spacial score (nSPS) is 10.6. The van der Waals surface area contributed by atoms with Gasteiger partial charge in [0, 0.05) is 43.3 Å². The smallest absolute Gasteiger partial charge is 0.173 e. The van der Waals surface area contributed by atoms with E-state index in [9.17, 15) is 4.39 Å². The predicted octanol–water partition coefficient (Wildman–Crippen LogP) is 4.71. The van der Waals surface area contributed by atoms with Crippen molar-refractivity contribution in [3.05, 3.63) is 78.6 Å². The SMILES string of the molecule is CCOc1ccc(NC(=S)N(CCCn2ccnc2)Cc2ccccc2F)cc1. The Bertz CT molecular complexity index is 899. The Balaban J connectivity index is 1.66. The number of halogens is 1. The number of nitrogens with zero attached hydrogens (tertiary/aromatic N) is 3. The van der Waals surface area contributed by atoms with Crippen molar-refractivity contribution in [3.63, 3.8) is 0 Å². The fraction of sp³-hybridized carbons (Fsp3) is 0.273. The lowest BCUT2D eigenvalue weighted by Gasteiger charge is -2.26. The van der Waals surface area contributed by atoms with Crippen molar-refractivity contribution >= 4 is 23.0 Å². The highest BCUT2D eigenvalue weighted by atomic mass is 32.1. The maximum Gasteiger partial charge on any atom is 0.173 e. The van der Waals surface area contributed by atoms with Gasteiger partial charge in [0.05, 0.1) is 12.9 Å². The highest BCUT2D eigenvalue weighted by molar-refractivity contribution is 7.80. The van der Waals surface area contributed by atoms with Crippen LogP contribution < -0.4 is 10.1 Å². The summed E-state index contributed by atoms with van der Waals surface area (Å²) in [7, 11) is 0. The molecule has 0 aliphatic rings. The van der Waals surface area contributed by atoms with Gasteiger partial charge < -0.3 is 19.5 Å². The molecule has 0 fully saturated rings. The number of ether oxygens (including phenoxy) is 1. The van der Waals surface area contributed by atoms with Gasteiger partial charge in [-0.1, -0.05) is 18.2 Å². The molecule has 1 aromatic heterocycles. The van der Waals surface area contributed by atoms with E-state index >= 15 is 0 Å². The van der Waals surface area contributed by atoms with Crippen LogP contribution in [0.1, 0.15) is 18.9 Å². The second-order valence-electron chi connectivity index (χ2n) is 6.55. The van der Waals surface area contributed by atoms with Gasteiger partial charge in [0.15, 0.2) is 5.11 Å². The van der Waals surface area contributed by atoms with E-state index in [0.29, 0.717) is 30.4 Å². The summed E-state index contributed by atoms with van der Waals surface area (Å²) in [4.78, 5) is 6.05. The molecule has 0 unspecified atom stereocenters. The minimum Gasteiger partial charge on any atom is -0.494 e. The van der Waals surface area contributed by atoms with Gasteiger partial charge in [-0.3, -0.25) is 0 Å². The predicted molar refractivity (Wildman–Crippen MR) is 117 cm³/mol. The second-order valence-corrected chi connectivity index (χ2v) is 6.94. The Labute approximate surface area is 176 Å². The molecule has 5 nitrogen and oxygen atoms in total. The van der Waals surface area contributed by atoms with Gasteiger partial charge in [-0.15, -0.1) is 0 Å². The summed E-state index contributed by atoms with van der Waals surface area (Å²) in [5, 5.41) is 3.81. The zero-order valence-electron chi connectivity index (χ0n) is 16.4. The molecule has 2 aromatic carbocycles. The molecule has 29 heavy (non-hydrogen) atoms. The molecule has 0 aliphatic heterocycles. The molecule has 0 atom stereocenters. The maximum atomic E-state index is 14.2. The first kappa shape index (κ1) is 20.8. The number of aryl methyl sites for hydroxylation is 1. The molecule has 1 heterocycles. The lowest BCUT2D eigenvalue weighted by Crippen LogP contribution is -2.35. The minimum absolute atomic E-state index is 0.226. The van der Waals surface area contributed by atoms with Crippen molar-refractivity contribution in [2.24, 2.45) is 0 Å². The number of nitrogens with one attached hydrogen (secondary N) is 1. The van der Waals surface area contributed by atoms with Crippen LogP contribution in [0.5, 0.6) is 5.75 Å². The van der Waals surface area contributed by atoms with Gasteiger partial charge in [-0.05, 0) is 55.9 Å². The number of thiocarbonyl (C=S) groups is 1. The number of hydrogen-bond acceptors (Lipinski definition) is 3. The molecule has 3 rings (SSSR count). The van der Waals surface area contributed by atoms with E-state index in [1.54, 1.807) is 24.7 Å². The van der Waals surface area contributed by atoms with E-state index in [2.05, 4.69) is 10.3 Å². The van der Waals surface area contributed by atoms with Crippen LogP contribution in [0.4, 0.5) is 10.1 Å². The first-order valence-corrected chi connectivity index (χ1v) is 10.0. The van der Waals surface area contributed by atoms with Gasteiger partial charge >= 0.3 is 0 Å². The van der Waals surface area contributed by atoms with Gasteiger partial charge in [0.25, 0.3) is 0 Å². The van der Waals surface area contributed by atoms with Crippen LogP contribution in [0.15, 0.2) is 67.3 Å². The average Bonchev–Trinajstić information content (AvgIpc) is 3.24. The quantitative estimate of drug-likeness (QED) is 0.516. The molecule has 1 N–H and O–H groups in total. The summed E-state index contributed by atoms with van der Waals surface area (Å²) in [5.41, 5.74) is 1.48. The van der Waals surface area contributed by atoms with E-state index in [4.69, 9.17) is 17.0 Å². The minimum atomic E-state index is -0.226. The van der Waals surface area contributed by atoms with Crippen LogP contribution in [0.2, 0.25) is 0 Å². The van der Waals surface area contributed by atoms with Crippen LogP contribution in [0, 0.1) is 5.82 Å². The molecule has 0 saturated heterocycles. The van der Waals surface area contributed by atoms with Gasteiger partial charge in [-0.2, -0.15) is 0 Å². The number of rotatable bonds is 9. The molecule has 152 valence electrons. The first-order chi connectivity index (χ1) is 14.2. The van der Waals surface area contributed by atoms with Crippen LogP contribution in [0.25, 0.3) is 0 Å². The molecule has 0 bridgehead atoms. The standard InChI is InChI=1S/C22H25FN4OS/c1-2-28-20-10-8-19(9-11-20)25-22(29)27(14-5-13-26-15-12-24-17-26)16-18-6-3-4-7-21(18)23/h3-4,6-12,15,17H,2,5,13-14,16H2,1H3,(H,25,29). The largest absolute Gasteiger partial charge is 0.494 e. The van der Waals surface area contributed by atoms with Crippen molar-refractivity contribution in [2.75, 3.05) is 18.5 Å². The third-order valence-corrected chi connectivity index (χ3v) is 4.79. The van der Waals surface area contributed by atoms with Crippen molar-refractivity contribution < 1.29 is 9.13 Å². The summed E-state index contributed by atoms with van der Waals surface area (Å²) in [6.45, 7) is 4.48.